The summed E-state index contributed by atoms with van der Waals surface area (Å²) in [6, 6.07) is 41.9. The van der Waals surface area contributed by atoms with Crippen LogP contribution in [-0.2, 0) is 10.8 Å². The van der Waals surface area contributed by atoms with E-state index in [1.165, 1.54) is 4.57 Å². The average Bonchev–Trinajstić information content (AvgIpc) is 1.55. The van der Waals surface area contributed by atoms with Gasteiger partial charge < -0.3 is 18.8 Å². The molecule has 5 heteroatoms. The first-order valence-electron chi connectivity index (χ1n) is 37.4. The van der Waals surface area contributed by atoms with E-state index in [1.54, 1.807) is 18.2 Å². The number of hydrogen-bond acceptors (Lipinski definition) is 3. The Labute approximate surface area is 522 Å². The smallest absolute Gasteiger partial charge is 0.252 e. The number of anilines is 6. The molecule has 2 aliphatic heterocycles. The molecule has 16 rings (SSSR count). The molecule has 0 bridgehead atoms. The van der Waals surface area contributed by atoms with Gasteiger partial charge in [0.1, 0.15) is 0 Å². The molecular weight excluding hydrogens is 1030 g/mol. The van der Waals surface area contributed by atoms with E-state index in [-0.39, 0.29) is 60.6 Å². The second-order valence-electron chi connectivity index (χ2n) is 24.0. The van der Waals surface area contributed by atoms with E-state index >= 15 is 0 Å². The third-order valence-electron chi connectivity index (χ3n) is 16.9. The topological polar surface area (TPSA) is 24.6 Å². The first-order chi connectivity index (χ1) is 48.9. The highest BCUT2D eigenvalue weighted by atomic mass is 16.3. The van der Waals surface area contributed by atoms with Crippen LogP contribution in [0.25, 0.3) is 93.9 Å². The number of furan rings is 1. The van der Waals surface area contributed by atoms with Crippen molar-refractivity contribution >= 4 is 101 Å². The minimum atomic E-state index is -0.688. The number of hydrogen-bond donors (Lipinski definition) is 0. The van der Waals surface area contributed by atoms with Crippen molar-refractivity contribution in [3.8, 4) is 50.2 Å². The van der Waals surface area contributed by atoms with Crippen LogP contribution in [0.15, 0.2) is 271 Å². The van der Waals surface area contributed by atoms with E-state index in [0.29, 0.717) is 61.5 Å². The molecule has 0 amide bonds. The number of aromatic nitrogens is 1. The zero-order valence-electron chi connectivity index (χ0n) is 65.3. The second kappa shape index (κ2) is 19.2. The maximum absolute atomic E-state index is 9.69. The molecule has 0 aliphatic carbocycles. The summed E-state index contributed by atoms with van der Waals surface area (Å²) in [6.07, 6.45) is 0. The zero-order valence-corrected chi connectivity index (χ0v) is 47.3. The average molecular weight is 1110 g/mol. The van der Waals surface area contributed by atoms with Gasteiger partial charge in [-0.1, -0.05) is 247 Å². The van der Waals surface area contributed by atoms with Crippen molar-refractivity contribution < 1.29 is 29.1 Å². The lowest BCUT2D eigenvalue weighted by Gasteiger charge is -2.44. The minimum Gasteiger partial charge on any atom is -0.452 e. The van der Waals surface area contributed by atoms with E-state index in [4.69, 9.17) is 18.1 Å². The van der Waals surface area contributed by atoms with Crippen molar-refractivity contribution in [3.63, 3.8) is 0 Å². The lowest BCUT2D eigenvalue weighted by atomic mass is 9.33. The number of benzene rings is 12. The standard InChI is InChI=1S/C80H62BN3O/c1-79(2,3)59-40-34-53(35-41-59)55-24-17-25-61(46-55)82-72-47-56(51-20-9-7-10-21-51)38-44-66(72)81-67-45-39-57(54-36-42-60(43-37-54)80(4,5)6)48-73(67)84(75-50-58(49-74(82)76(75)81)52-22-11-8-12-23-52)71-33-19-29-65-64-28-18-32-70(77(64)85-78(65)71)83-68-30-15-13-26-62(68)63-27-14-16-31-69(63)83/h7-50H,1-6H3/i7D,8D,9D,10D,11D,12D,13D,14D,15D,16D,20D,21D,22D,23D,26D,27D,30D,31D. The monoisotopic (exact) mass is 1110 g/mol. The first-order valence-corrected chi connectivity index (χ1v) is 28.4. The fourth-order valence-corrected chi connectivity index (χ4v) is 12.7. The Bertz CT molecular complexity index is 5960. The van der Waals surface area contributed by atoms with E-state index in [1.807, 2.05) is 77.7 Å². The molecule has 12 aromatic carbocycles. The van der Waals surface area contributed by atoms with Gasteiger partial charge in [0.2, 0.25) is 0 Å². The van der Waals surface area contributed by atoms with E-state index in [0.717, 1.165) is 44.3 Å². The summed E-state index contributed by atoms with van der Waals surface area (Å²) in [7, 11) is 0. The van der Waals surface area contributed by atoms with Crippen LogP contribution in [0.1, 0.15) is 77.3 Å². The van der Waals surface area contributed by atoms with Crippen LogP contribution >= 0.6 is 0 Å². The van der Waals surface area contributed by atoms with Crippen molar-refractivity contribution in [2.75, 3.05) is 9.80 Å². The van der Waals surface area contributed by atoms with Crippen molar-refractivity contribution in [1.29, 1.82) is 0 Å². The summed E-state index contributed by atoms with van der Waals surface area (Å²) in [5.74, 6) is 0. The van der Waals surface area contributed by atoms with Gasteiger partial charge in [-0.2, -0.15) is 0 Å². The Balaban J connectivity index is 1.04. The highest BCUT2D eigenvalue weighted by Gasteiger charge is 2.44. The fraction of sp³-hybridized carbons (Fsp3) is 0.100. The molecule has 4 heterocycles. The third-order valence-corrected chi connectivity index (χ3v) is 16.9. The summed E-state index contributed by atoms with van der Waals surface area (Å²) in [6.45, 7) is 12.2. The molecule has 2 aromatic heterocycles. The van der Waals surface area contributed by atoms with Crippen molar-refractivity contribution in [3.05, 3.63) is 278 Å². The van der Waals surface area contributed by atoms with E-state index in [9.17, 15) is 11.0 Å². The molecule has 14 aromatic rings. The van der Waals surface area contributed by atoms with Crippen LogP contribution in [-0.4, -0.2) is 11.3 Å². The Morgan fingerprint density at radius 1 is 0.341 bits per heavy atom. The third kappa shape index (κ3) is 8.20. The van der Waals surface area contributed by atoms with Gasteiger partial charge in [0.05, 0.1) is 47.1 Å². The molecule has 0 saturated carbocycles. The lowest BCUT2D eigenvalue weighted by Crippen LogP contribution is -2.61. The summed E-state index contributed by atoms with van der Waals surface area (Å²) in [5, 5.41) is 0.908. The Morgan fingerprint density at radius 2 is 0.776 bits per heavy atom. The molecule has 85 heavy (non-hydrogen) atoms. The van der Waals surface area contributed by atoms with Gasteiger partial charge in [0.25, 0.3) is 6.71 Å². The Morgan fingerprint density at radius 3 is 1.34 bits per heavy atom. The molecular formula is C80H62BN3O. The summed E-state index contributed by atoms with van der Waals surface area (Å²) < 4.78 is 173. The van der Waals surface area contributed by atoms with Crippen LogP contribution in [0.5, 0.6) is 0 Å². The highest BCUT2D eigenvalue weighted by molar-refractivity contribution is 7.00. The molecule has 0 saturated heterocycles. The van der Waals surface area contributed by atoms with Gasteiger partial charge in [0, 0.05) is 50.0 Å². The van der Waals surface area contributed by atoms with Crippen LogP contribution in [0.2, 0.25) is 0 Å². The summed E-state index contributed by atoms with van der Waals surface area (Å²) >= 11 is 0. The minimum absolute atomic E-state index is 0.0211. The molecule has 0 N–H and O–H groups in total. The van der Waals surface area contributed by atoms with Gasteiger partial charge in [-0.05, 0) is 143 Å². The normalized spacial score (nSPS) is 16.0. The van der Waals surface area contributed by atoms with Crippen LogP contribution < -0.4 is 26.2 Å². The fourth-order valence-electron chi connectivity index (χ4n) is 12.7. The number of para-hydroxylation sites is 4. The van der Waals surface area contributed by atoms with E-state index in [2.05, 4.69) is 113 Å². The maximum atomic E-state index is 9.69. The van der Waals surface area contributed by atoms with Crippen molar-refractivity contribution in [2.24, 2.45) is 0 Å². The van der Waals surface area contributed by atoms with Crippen LogP contribution in [0.3, 0.4) is 0 Å². The number of nitrogens with zero attached hydrogens (tertiary/aromatic N) is 3. The SMILES string of the molecule is [2H]c1c([2H])c([2H])c(-c2ccc3c(c2)N(c2cccc(-c4ccc(C(C)(C)C)cc4)c2)c2cc(-c4c([2H])c([2H])c([2H])c([2H])c4[2H])cc4c2B3c2ccc(-c3ccc(C(C)(C)C)cc3)cc2N4c2cccc3c2oc2c(-n4c5c([2H])c([2H])c([2H])c([2H])c5c5c([2H])c([2H])c([2H])c([2H])c54)cccc23)c([2H])c1[2H]. The molecule has 0 spiro atoms. The van der Waals surface area contributed by atoms with Gasteiger partial charge in [0.15, 0.2) is 11.2 Å². The van der Waals surface area contributed by atoms with Crippen LogP contribution in [0.4, 0.5) is 34.1 Å². The molecule has 2 aliphatic rings. The Hall–Kier alpha value is -10.1. The second-order valence-corrected chi connectivity index (χ2v) is 24.0. The molecule has 406 valence electrons. The Kier molecular flexibility index (Phi) is 7.95. The molecule has 0 radical (unpaired) electrons. The number of rotatable bonds is 7. The van der Waals surface area contributed by atoms with E-state index < -0.39 is 115 Å². The molecule has 0 fully saturated rings. The maximum Gasteiger partial charge on any atom is 0.252 e. The zero-order chi connectivity index (χ0) is 73.0. The largest absolute Gasteiger partial charge is 0.452 e. The highest BCUT2D eigenvalue weighted by Crippen LogP contribution is 2.51. The number of fused-ring (bicyclic) bond motifs is 10. The molecule has 0 unspecified atom stereocenters. The van der Waals surface area contributed by atoms with Gasteiger partial charge in [-0.15, -0.1) is 0 Å². The quantitative estimate of drug-likeness (QED) is 0.149. The van der Waals surface area contributed by atoms with Crippen molar-refractivity contribution in [1.82, 2.24) is 4.57 Å². The summed E-state index contributed by atoms with van der Waals surface area (Å²) in [4.78, 5) is 4.10. The lowest BCUT2D eigenvalue weighted by molar-refractivity contribution is 0.590. The van der Waals surface area contributed by atoms with Crippen LogP contribution in [0, 0.1) is 0 Å². The summed E-state index contributed by atoms with van der Waals surface area (Å²) in [5.41, 5.74) is 11.9. The predicted octanol–water partition coefficient (Wildman–Crippen LogP) is 20.0. The first kappa shape index (κ1) is 35.1. The van der Waals surface area contributed by atoms with Crippen molar-refractivity contribution in [2.45, 2.75) is 52.4 Å². The molecule has 4 nitrogen and oxygen atoms in total. The van der Waals surface area contributed by atoms with Gasteiger partial charge >= 0.3 is 0 Å². The molecule has 0 atom stereocenters. The predicted molar refractivity (Wildman–Crippen MR) is 361 cm³/mol. The van der Waals surface area contributed by atoms with Gasteiger partial charge in [-0.25, -0.2) is 0 Å². The van der Waals surface area contributed by atoms with Gasteiger partial charge in [-0.3, -0.25) is 0 Å².